The molecule has 122 valence electrons. The summed E-state index contributed by atoms with van der Waals surface area (Å²) in [6.07, 6.45) is 5.63. The van der Waals surface area contributed by atoms with Crippen molar-refractivity contribution in [2.24, 2.45) is 0 Å². The Kier molecular flexibility index (Phi) is 4.97. The normalized spacial score (nSPS) is 15.7. The fraction of sp³-hybridized carbons (Fsp3) is 0.500. The molecule has 7 heteroatoms. The van der Waals surface area contributed by atoms with Crippen molar-refractivity contribution in [1.82, 2.24) is 19.9 Å². The number of methoxy groups -OCH3 is 2. The Hall–Kier alpha value is -2.28. The first kappa shape index (κ1) is 15.6. The second-order valence-electron chi connectivity index (χ2n) is 5.49. The highest BCUT2D eigenvalue weighted by Crippen LogP contribution is 2.28. The van der Waals surface area contributed by atoms with Crippen LogP contribution in [-0.2, 0) is 11.3 Å². The monoisotopic (exact) mass is 315 g/mol. The highest BCUT2D eigenvalue weighted by molar-refractivity contribution is 5.42. The minimum atomic E-state index is 0.374. The van der Waals surface area contributed by atoms with Crippen molar-refractivity contribution in [2.45, 2.75) is 25.4 Å². The largest absolute Gasteiger partial charge is 0.481 e. The third kappa shape index (κ3) is 3.73. The molecule has 3 rings (SSSR count). The lowest BCUT2D eigenvalue weighted by molar-refractivity contribution is 0.177. The highest BCUT2D eigenvalue weighted by Gasteiger charge is 2.24. The maximum absolute atomic E-state index is 5.27. The van der Waals surface area contributed by atoms with Crippen LogP contribution < -0.4 is 9.64 Å². The molecular formula is C16H21N5O2. The molecule has 0 aliphatic carbocycles. The molecule has 2 aromatic heterocycles. The van der Waals surface area contributed by atoms with Gasteiger partial charge in [0.2, 0.25) is 5.88 Å². The van der Waals surface area contributed by atoms with Gasteiger partial charge in [-0.3, -0.25) is 0 Å². The highest BCUT2D eigenvalue weighted by atomic mass is 16.5. The van der Waals surface area contributed by atoms with Gasteiger partial charge in [-0.15, -0.1) is 0 Å². The van der Waals surface area contributed by atoms with Gasteiger partial charge in [-0.2, -0.15) is 4.98 Å². The molecule has 0 unspecified atom stereocenters. The molecule has 0 bridgehead atoms. The van der Waals surface area contributed by atoms with Gasteiger partial charge in [0.25, 0.3) is 0 Å². The van der Waals surface area contributed by atoms with E-state index < -0.39 is 0 Å². The van der Waals surface area contributed by atoms with Crippen molar-refractivity contribution >= 4 is 5.82 Å². The van der Waals surface area contributed by atoms with Gasteiger partial charge in [0.15, 0.2) is 5.82 Å². The summed E-state index contributed by atoms with van der Waals surface area (Å²) >= 11 is 0. The SMILES string of the molecule is COCc1nc(OC)cc(N2CCC(c3ncccn3)CC2)n1. The van der Waals surface area contributed by atoms with E-state index in [1.165, 1.54) is 0 Å². The number of piperidine rings is 1. The lowest BCUT2D eigenvalue weighted by Crippen LogP contribution is -2.34. The Labute approximate surface area is 135 Å². The summed E-state index contributed by atoms with van der Waals surface area (Å²) in [4.78, 5) is 19.9. The first-order valence-corrected chi connectivity index (χ1v) is 7.73. The number of ether oxygens (including phenoxy) is 2. The van der Waals surface area contributed by atoms with Crippen molar-refractivity contribution in [3.8, 4) is 5.88 Å². The molecule has 3 heterocycles. The molecule has 1 fully saturated rings. The minimum absolute atomic E-state index is 0.374. The van der Waals surface area contributed by atoms with E-state index in [9.17, 15) is 0 Å². The number of aromatic nitrogens is 4. The topological polar surface area (TPSA) is 73.3 Å². The Morgan fingerprint density at radius 3 is 2.52 bits per heavy atom. The Balaban J connectivity index is 1.71. The van der Waals surface area contributed by atoms with Crippen LogP contribution in [0.2, 0.25) is 0 Å². The zero-order valence-corrected chi connectivity index (χ0v) is 13.5. The molecule has 0 spiro atoms. The third-order valence-electron chi connectivity index (χ3n) is 3.99. The van der Waals surface area contributed by atoms with Crippen LogP contribution in [0.4, 0.5) is 5.82 Å². The average molecular weight is 315 g/mol. The Bertz CT molecular complexity index is 630. The van der Waals surface area contributed by atoms with Crippen LogP contribution in [0.5, 0.6) is 5.88 Å². The van der Waals surface area contributed by atoms with Gasteiger partial charge in [0, 0.05) is 44.6 Å². The molecule has 1 saturated heterocycles. The molecule has 0 N–H and O–H groups in total. The van der Waals surface area contributed by atoms with E-state index in [4.69, 9.17) is 9.47 Å². The van der Waals surface area contributed by atoms with Crippen molar-refractivity contribution in [3.63, 3.8) is 0 Å². The van der Waals surface area contributed by atoms with Crippen molar-refractivity contribution < 1.29 is 9.47 Å². The van der Waals surface area contributed by atoms with Crippen molar-refractivity contribution in [1.29, 1.82) is 0 Å². The standard InChI is InChI=1S/C16H21N5O2/c1-22-11-13-19-14(10-15(20-13)23-2)21-8-4-12(5-9-21)16-17-6-3-7-18-16/h3,6-7,10,12H,4-5,8-9,11H2,1-2H3. The van der Waals surface area contributed by atoms with Crippen LogP contribution in [0.3, 0.4) is 0 Å². The predicted molar refractivity (Wildman–Crippen MR) is 85.5 cm³/mol. The molecule has 1 aliphatic heterocycles. The maximum Gasteiger partial charge on any atom is 0.218 e. The fourth-order valence-corrected chi connectivity index (χ4v) is 2.81. The van der Waals surface area contributed by atoms with Gasteiger partial charge in [-0.25, -0.2) is 15.0 Å². The fourth-order valence-electron chi connectivity index (χ4n) is 2.81. The van der Waals surface area contributed by atoms with Gasteiger partial charge >= 0.3 is 0 Å². The van der Waals surface area contributed by atoms with Crippen LogP contribution in [-0.4, -0.2) is 47.2 Å². The second-order valence-corrected chi connectivity index (χ2v) is 5.49. The number of hydrogen-bond donors (Lipinski definition) is 0. The first-order chi connectivity index (χ1) is 11.3. The molecule has 0 atom stereocenters. The molecule has 0 aromatic carbocycles. The molecule has 0 amide bonds. The van der Waals surface area contributed by atoms with Gasteiger partial charge in [0.05, 0.1) is 7.11 Å². The van der Waals surface area contributed by atoms with E-state index in [1.807, 2.05) is 12.1 Å². The maximum atomic E-state index is 5.27. The van der Waals surface area contributed by atoms with E-state index in [0.717, 1.165) is 37.6 Å². The summed E-state index contributed by atoms with van der Waals surface area (Å²) < 4.78 is 10.4. The number of nitrogens with zero attached hydrogens (tertiary/aromatic N) is 5. The van der Waals surface area contributed by atoms with E-state index in [1.54, 1.807) is 26.6 Å². The lowest BCUT2D eigenvalue weighted by atomic mass is 9.96. The molecule has 23 heavy (non-hydrogen) atoms. The molecule has 0 radical (unpaired) electrons. The van der Waals surface area contributed by atoms with E-state index in [2.05, 4.69) is 24.8 Å². The summed E-state index contributed by atoms with van der Waals surface area (Å²) in [5.74, 6) is 3.43. The van der Waals surface area contributed by atoms with Gasteiger partial charge < -0.3 is 14.4 Å². The summed E-state index contributed by atoms with van der Waals surface area (Å²) in [5.41, 5.74) is 0. The van der Waals surface area contributed by atoms with Gasteiger partial charge in [-0.05, 0) is 18.9 Å². The zero-order valence-electron chi connectivity index (χ0n) is 13.5. The molecule has 2 aromatic rings. The smallest absolute Gasteiger partial charge is 0.218 e. The first-order valence-electron chi connectivity index (χ1n) is 7.73. The minimum Gasteiger partial charge on any atom is -0.481 e. The Morgan fingerprint density at radius 1 is 1.13 bits per heavy atom. The summed E-state index contributed by atoms with van der Waals surface area (Å²) in [5, 5.41) is 0. The third-order valence-corrected chi connectivity index (χ3v) is 3.99. The summed E-state index contributed by atoms with van der Waals surface area (Å²) in [7, 11) is 3.25. The van der Waals surface area contributed by atoms with Crippen molar-refractivity contribution in [2.75, 3.05) is 32.2 Å². The van der Waals surface area contributed by atoms with Crippen LogP contribution in [0.15, 0.2) is 24.5 Å². The zero-order chi connectivity index (χ0) is 16.1. The average Bonchev–Trinajstić information content (AvgIpc) is 2.62. The molecule has 1 aliphatic rings. The number of rotatable bonds is 5. The lowest BCUT2D eigenvalue weighted by Gasteiger charge is -2.32. The number of hydrogen-bond acceptors (Lipinski definition) is 7. The predicted octanol–water partition coefficient (Wildman–Crippen LogP) is 1.81. The second kappa shape index (κ2) is 7.32. The van der Waals surface area contributed by atoms with E-state index in [-0.39, 0.29) is 0 Å². The van der Waals surface area contributed by atoms with E-state index in [0.29, 0.717) is 24.2 Å². The summed E-state index contributed by atoms with van der Waals surface area (Å²) in [6, 6.07) is 3.72. The number of anilines is 1. The molecular weight excluding hydrogens is 294 g/mol. The van der Waals surface area contributed by atoms with E-state index >= 15 is 0 Å². The quantitative estimate of drug-likeness (QED) is 0.833. The molecule has 0 saturated carbocycles. The van der Waals surface area contributed by atoms with Gasteiger partial charge in [-0.1, -0.05) is 0 Å². The van der Waals surface area contributed by atoms with Gasteiger partial charge in [0.1, 0.15) is 18.2 Å². The van der Waals surface area contributed by atoms with Crippen LogP contribution in [0.25, 0.3) is 0 Å². The Morgan fingerprint density at radius 2 is 1.87 bits per heavy atom. The molecule has 7 nitrogen and oxygen atoms in total. The van der Waals surface area contributed by atoms with Crippen LogP contribution >= 0.6 is 0 Å². The van der Waals surface area contributed by atoms with Crippen LogP contribution in [0, 0.1) is 0 Å². The van der Waals surface area contributed by atoms with Crippen molar-refractivity contribution in [3.05, 3.63) is 36.2 Å². The van der Waals surface area contributed by atoms with Crippen LogP contribution in [0.1, 0.15) is 30.4 Å². The summed E-state index contributed by atoms with van der Waals surface area (Å²) in [6.45, 7) is 2.20.